The smallest absolute Gasteiger partial charge is 0.257 e. The Bertz CT molecular complexity index is 779. The molecule has 0 aromatic heterocycles. The van der Waals surface area contributed by atoms with Crippen molar-refractivity contribution < 1.29 is 9.59 Å². The number of aryl methyl sites for hydroxylation is 1. The summed E-state index contributed by atoms with van der Waals surface area (Å²) in [6.07, 6.45) is 2.17. The van der Waals surface area contributed by atoms with Gasteiger partial charge in [-0.2, -0.15) is 0 Å². The first kappa shape index (κ1) is 17.3. The molecular formula is C19H20ClN3O2. The lowest BCUT2D eigenvalue weighted by Gasteiger charge is -2.30. The molecule has 5 nitrogen and oxygen atoms in total. The van der Waals surface area contributed by atoms with E-state index in [2.05, 4.69) is 16.9 Å². The highest BCUT2D eigenvalue weighted by Gasteiger charge is 2.18. The number of amides is 2. The molecule has 2 amide bonds. The van der Waals surface area contributed by atoms with Gasteiger partial charge in [-0.15, -0.1) is 0 Å². The van der Waals surface area contributed by atoms with Gasteiger partial charge in [0, 0.05) is 17.3 Å². The third-order valence-electron chi connectivity index (χ3n) is 4.19. The molecule has 0 saturated carbocycles. The van der Waals surface area contributed by atoms with E-state index in [0.717, 1.165) is 30.6 Å². The Morgan fingerprint density at radius 1 is 1.00 bits per heavy atom. The molecule has 6 heteroatoms. The van der Waals surface area contributed by atoms with Crippen molar-refractivity contribution in [3.63, 3.8) is 0 Å². The average molecular weight is 358 g/mol. The molecule has 0 spiro atoms. The maximum atomic E-state index is 12.2. The third kappa shape index (κ3) is 4.51. The number of rotatable bonds is 4. The first-order chi connectivity index (χ1) is 12.1. The summed E-state index contributed by atoms with van der Waals surface area (Å²) < 4.78 is 0. The van der Waals surface area contributed by atoms with Crippen LogP contribution in [0.15, 0.2) is 48.5 Å². The number of halogens is 1. The highest BCUT2D eigenvalue weighted by molar-refractivity contribution is 6.31. The van der Waals surface area contributed by atoms with Crippen LogP contribution in [0.2, 0.25) is 5.02 Å². The second-order valence-corrected chi connectivity index (χ2v) is 6.43. The van der Waals surface area contributed by atoms with Crippen molar-refractivity contribution in [1.29, 1.82) is 0 Å². The minimum Gasteiger partial charge on any atom is -0.362 e. The zero-order valence-corrected chi connectivity index (χ0v) is 14.6. The molecule has 2 N–H and O–H groups in total. The van der Waals surface area contributed by atoms with Gasteiger partial charge in [0.2, 0.25) is 5.91 Å². The second-order valence-electron chi connectivity index (χ2n) is 6.02. The summed E-state index contributed by atoms with van der Waals surface area (Å²) in [6.45, 7) is 1.04. The lowest BCUT2D eigenvalue weighted by molar-refractivity contribution is -0.127. The summed E-state index contributed by atoms with van der Waals surface area (Å²) >= 11 is 6.03. The number of carbonyl (C=O) groups excluding carboxylic acids is 2. The van der Waals surface area contributed by atoms with Crippen LogP contribution in [0.1, 0.15) is 17.5 Å². The van der Waals surface area contributed by atoms with E-state index in [1.807, 2.05) is 35.2 Å². The van der Waals surface area contributed by atoms with E-state index in [4.69, 9.17) is 11.6 Å². The molecule has 1 aliphatic rings. The molecule has 1 heterocycles. The molecule has 2 aromatic carbocycles. The zero-order chi connectivity index (χ0) is 17.6. The van der Waals surface area contributed by atoms with Crippen LogP contribution in [0.25, 0.3) is 0 Å². The molecule has 0 saturated heterocycles. The molecule has 25 heavy (non-hydrogen) atoms. The Morgan fingerprint density at radius 3 is 2.56 bits per heavy atom. The number of hydrogen-bond acceptors (Lipinski definition) is 3. The van der Waals surface area contributed by atoms with Crippen LogP contribution in [0.4, 0.5) is 5.69 Å². The van der Waals surface area contributed by atoms with Crippen LogP contribution < -0.4 is 15.8 Å². The van der Waals surface area contributed by atoms with E-state index < -0.39 is 0 Å². The summed E-state index contributed by atoms with van der Waals surface area (Å²) in [4.78, 5) is 26.1. The minimum atomic E-state index is -0.305. The van der Waals surface area contributed by atoms with Crippen LogP contribution in [0, 0.1) is 0 Å². The largest absolute Gasteiger partial charge is 0.362 e. The van der Waals surface area contributed by atoms with E-state index >= 15 is 0 Å². The van der Waals surface area contributed by atoms with Crippen molar-refractivity contribution >= 4 is 29.1 Å². The molecule has 2 aromatic rings. The lowest BCUT2D eigenvalue weighted by atomic mass is 10.0. The van der Waals surface area contributed by atoms with Crippen molar-refractivity contribution in [3.05, 3.63) is 64.7 Å². The van der Waals surface area contributed by atoms with E-state index in [1.54, 1.807) is 12.1 Å². The molecule has 0 radical (unpaired) electrons. The van der Waals surface area contributed by atoms with E-state index in [-0.39, 0.29) is 24.8 Å². The third-order valence-corrected chi connectivity index (χ3v) is 4.56. The Hall–Kier alpha value is -2.53. The summed E-state index contributed by atoms with van der Waals surface area (Å²) in [6, 6.07) is 15.2. The minimum absolute atomic E-state index is 0.118. The standard InChI is InChI=1S/C19H20ClN3O2/c20-16-9-3-1-7-15(16)12-18(24)21-22-19(25)13-23-11-5-8-14-6-2-4-10-17(14)23/h1-4,6-7,9-10H,5,8,11-13H2,(H,21,24)(H,22,25). The number of nitrogens with one attached hydrogen (secondary N) is 2. The normalized spacial score (nSPS) is 13.1. The van der Waals surface area contributed by atoms with Crippen molar-refractivity contribution in [1.82, 2.24) is 10.9 Å². The molecular weight excluding hydrogens is 338 g/mol. The van der Waals surface area contributed by atoms with E-state index in [0.29, 0.717) is 5.02 Å². The molecule has 0 fully saturated rings. The highest BCUT2D eigenvalue weighted by atomic mass is 35.5. The topological polar surface area (TPSA) is 61.4 Å². The number of anilines is 1. The molecule has 130 valence electrons. The number of hydrogen-bond donors (Lipinski definition) is 2. The molecule has 0 aliphatic carbocycles. The average Bonchev–Trinajstić information content (AvgIpc) is 2.62. The first-order valence-electron chi connectivity index (χ1n) is 8.27. The Labute approximate surface area is 151 Å². The summed E-state index contributed by atoms with van der Waals surface area (Å²) in [5.74, 6) is -0.551. The highest BCUT2D eigenvalue weighted by Crippen LogP contribution is 2.26. The summed E-state index contributed by atoms with van der Waals surface area (Å²) in [7, 11) is 0. The number of para-hydroxylation sites is 1. The van der Waals surface area contributed by atoms with Crippen LogP contribution in [-0.4, -0.2) is 24.9 Å². The number of nitrogens with zero attached hydrogens (tertiary/aromatic N) is 1. The van der Waals surface area contributed by atoms with Gasteiger partial charge in [-0.3, -0.25) is 20.4 Å². The molecule has 0 atom stereocenters. The quantitative estimate of drug-likeness (QED) is 0.826. The van der Waals surface area contributed by atoms with E-state index in [9.17, 15) is 9.59 Å². The predicted octanol–water partition coefficient (Wildman–Crippen LogP) is 2.48. The van der Waals surface area contributed by atoms with Crippen molar-refractivity contribution in [3.8, 4) is 0 Å². The Kier molecular flexibility index (Phi) is 5.56. The molecule has 1 aliphatic heterocycles. The summed E-state index contributed by atoms with van der Waals surface area (Å²) in [5, 5.41) is 0.536. The molecule has 0 bridgehead atoms. The van der Waals surface area contributed by atoms with Crippen molar-refractivity contribution in [2.45, 2.75) is 19.3 Å². The van der Waals surface area contributed by atoms with Crippen LogP contribution in [0.3, 0.4) is 0 Å². The summed E-state index contributed by atoms with van der Waals surface area (Å²) in [5.41, 5.74) is 7.99. The number of fused-ring (bicyclic) bond motifs is 1. The second kappa shape index (κ2) is 8.03. The van der Waals surface area contributed by atoms with Gasteiger partial charge in [0.1, 0.15) is 0 Å². The van der Waals surface area contributed by atoms with Gasteiger partial charge in [0.25, 0.3) is 5.91 Å². The first-order valence-corrected chi connectivity index (χ1v) is 8.65. The Morgan fingerprint density at radius 2 is 1.72 bits per heavy atom. The fourth-order valence-corrected chi connectivity index (χ4v) is 3.19. The van der Waals surface area contributed by atoms with Crippen molar-refractivity contribution in [2.24, 2.45) is 0 Å². The fourth-order valence-electron chi connectivity index (χ4n) is 2.99. The van der Waals surface area contributed by atoms with Gasteiger partial charge < -0.3 is 4.90 Å². The number of hydrazine groups is 1. The zero-order valence-electron chi connectivity index (χ0n) is 13.8. The van der Waals surface area contributed by atoms with Gasteiger partial charge in [0.15, 0.2) is 0 Å². The van der Waals surface area contributed by atoms with Gasteiger partial charge >= 0.3 is 0 Å². The van der Waals surface area contributed by atoms with Crippen LogP contribution in [0.5, 0.6) is 0 Å². The molecule has 3 rings (SSSR count). The van der Waals surface area contributed by atoms with Gasteiger partial charge in [-0.05, 0) is 36.1 Å². The Balaban J connectivity index is 1.50. The SMILES string of the molecule is O=C(Cc1ccccc1Cl)NNC(=O)CN1CCCc2ccccc21. The van der Waals surface area contributed by atoms with E-state index in [1.165, 1.54) is 5.56 Å². The maximum absolute atomic E-state index is 12.2. The van der Waals surface area contributed by atoms with Gasteiger partial charge in [0.05, 0.1) is 13.0 Å². The van der Waals surface area contributed by atoms with Crippen molar-refractivity contribution in [2.75, 3.05) is 18.0 Å². The number of carbonyl (C=O) groups is 2. The predicted molar refractivity (Wildman–Crippen MR) is 98.4 cm³/mol. The van der Waals surface area contributed by atoms with Gasteiger partial charge in [-0.25, -0.2) is 0 Å². The lowest BCUT2D eigenvalue weighted by Crippen LogP contribution is -2.47. The van der Waals surface area contributed by atoms with Gasteiger partial charge in [-0.1, -0.05) is 48.0 Å². The van der Waals surface area contributed by atoms with Crippen LogP contribution in [-0.2, 0) is 22.4 Å². The number of benzene rings is 2. The maximum Gasteiger partial charge on any atom is 0.257 e. The van der Waals surface area contributed by atoms with Crippen LogP contribution >= 0.6 is 11.6 Å². The fraction of sp³-hybridized carbons (Fsp3) is 0.263. The molecule has 0 unspecified atom stereocenters. The monoisotopic (exact) mass is 357 g/mol.